The molecule has 0 fully saturated rings. The summed E-state index contributed by atoms with van der Waals surface area (Å²) in [7, 11) is 0. The molecule has 0 aliphatic rings. The molecular formula is C9H6N4. The van der Waals surface area contributed by atoms with E-state index in [0.717, 1.165) is 0 Å². The molecule has 2 heterocycles. The maximum Gasteiger partial charge on any atom is 0.156 e. The fourth-order valence-corrected chi connectivity index (χ4v) is 1.09. The van der Waals surface area contributed by atoms with Crippen LogP contribution < -0.4 is 0 Å². The SMILES string of the molecule is N#Cc1cccn1-c1cnccn1. The minimum absolute atomic E-state index is 0.556. The number of nitriles is 1. The van der Waals surface area contributed by atoms with Gasteiger partial charge in [-0.2, -0.15) is 5.26 Å². The molecule has 0 atom stereocenters. The van der Waals surface area contributed by atoms with E-state index in [1.807, 2.05) is 0 Å². The van der Waals surface area contributed by atoms with Gasteiger partial charge < -0.3 is 0 Å². The summed E-state index contributed by atoms with van der Waals surface area (Å²) >= 11 is 0. The number of aromatic nitrogens is 3. The van der Waals surface area contributed by atoms with Crippen molar-refractivity contribution in [3.8, 4) is 11.9 Å². The first-order chi connectivity index (χ1) is 6.42. The quantitative estimate of drug-likeness (QED) is 0.644. The third-order valence-electron chi connectivity index (χ3n) is 1.66. The van der Waals surface area contributed by atoms with Crippen LogP contribution in [0.1, 0.15) is 5.69 Å². The second-order valence-corrected chi connectivity index (χ2v) is 2.44. The van der Waals surface area contributed by atoms with Crippen LogP contribution in [0.5, 0.6) is 0 Å². The third kappa shape index (κ3) is 1.27. The molecule has 4 heteroatoms. The molecule has 0 bridgehead atoms. The Morgan fingerprint density at radius 1 is 1.38 bits per heavy atom. The van der Waals surface area contributed by atoms with Crippen LogP contribution in [-0.2, 0) is 0 Å². The molecule has 0 aliphatic carbocycles. The van der Waals surface area contributed by atoms with Crippen LogP contribution in [0, 0.1) is 11.3 Å². The van der Waals surface area contributed by atoms with Crippen molar-refractivity contribution < 1.29 is 0 Å². The third-order valence-corrected chi connectivity index (χ3v) is 1.66. The highest BCUT2D eigenvalue weighted by Gasteiger charge is 2.01. The van der Waals surface area contributed by atoms with Crippen LogP contribution in [0.15, 0.2) is 36.9 Å². The molecular weight excluding hydrogens is 164 g/mol. The average molecular weight is 170 g/mol. The predicted molar refractivity (Wildman–Crippen MR) is 46.1 cm³/mol. The van der Waals surface area contributed by atoms with Crippen molar-refractivity contribution >= 4 is 0 Å². The lowest BCUT2D eigenvalue weighted by Crippen LogP contribution is -1.98. The van der Waals surface area contributed by atoms with Crippen molar-refractivity contribution in [2.75, 3.05) is 0 Å². The van der Waals surface area contributed by atoms with Gasteiger partial charge in [0.25, 0.3) is 0 Å². The van der Waals surface area contributed by atoms with E-state index < -0.39 is 0 Å². The molecule has 0 aromatic carbocycles. The molecule has 0 spiro atoms. The molecule has 0 aliphatic heterocycles. The second-order valence-electron chi connectivity index (χ2n) is 2.44. The molecule has 13 heavy (non-hydrogen) atoms. The van der Waals surface area contributed by atoms with Crippen LogP contribution in [0.4, 0.5) is 0 Å². The minimum Gasteiger partial charge on any atom is -0.291 e. The van der Waals surface area contributed by atoms with Crippen LogP contribution in [0.25, 0.3) is 5.82 Å². The Labute approximate surface area is 75.1 Å². The molecule has 0 N–H and O–H groups in total. The molecule has 2 aromatic heterocycles. The number of hydrogen-bond acceptors (Lipinski definition) is 3. The second kappa shape index (κ2) is 3.07. The summed E-state index contributed by atoms with van der Waals surface area (Å²) in [5.74, 6) is 0.657. The van der Waals surface area contributed by atoms with E-state index in [-0.39, 0.29) is 0 Å². The number of hydrogen-bond donors (Lipinski definition) is 0. The van der Waals surface area contributed by atoms with Crippen molar-refractivity contribution in [1.82, 2.24) is 14.5 Å². The number of nitrogens with zero attached hydrogens (tertiary/aromatic N) is 4. The zero-order chi connectivity index (χ0) is 9.10. The summed E-state index contributed by atoms with van der Waals surface area (Å²) in [5.41, 5.74) is 0.556. The van der Waals surface area contributed by atoms with Gasteiger partial charge in [0.15, 0.2) is 5.82 Å². The van der Waals surface area contributed by atoms with Crippen LogP contribution in [0.2, 0.25) is 0 Å². The summed E-state index contributed by atoms with van der Waals surface area (Å²) in [4.78, 5) is 8.00. The smallest absolute Gasteiger partial charge is 0.156 e. The lowest BCUT2D eigenvalue weighted by molar-refractivity contribution is 0.967. The largest absolute Gasteiger partial charge is 0.291 e. The van der Waals surface area contributed by atoms with Crippen molar-refractivity contribution in [2.45, 2.75) is 0 Å². The van der Waals surface area contributed by atoms with Gasteiger partial charge in [-0.25, -0.2) is 4.98 Å². The van der Waals surface area contributed by atoms with Crippen LogP contribution >= 0.6 is 0 Å². The van der Waals surface area contributed by atoms with E-state index in [4.69, 9.17) is 5.26 Å². The Morgan fingerprint density at radius 2 is 2.31 bits per heavy atom. The van der Waals surface area contributed by atoms with Gasteiger partial charge in [0.05, 0.1) is 6.20 Å². The zero-order valence-corrected chi connectivity index (χ0v) is 6.75. The van der Waals surface area contributed by atoms with Crippen LogP contribution in [0.3, 0.4) is 0 Å². The van der Waals surface area contributed by atoms with Gasteiger partial charge in [-0.3, -0.25) is 9.55 Å². The number of rotatable bonds is 1. The first-order valence-electron chi connectivity index (χ1n) is 3.75. The Balaban J connectivity index is 2.54. The van der Waals surface area contributed by atoms with Gasteiger partial charge in [0.1, 0.15) is 11.8 Å². The maximum atomic E-state index is 8.75. The van der Waals surface area contributed by atoms with E-state index in [9.17, 15) is 0 Å². The van der Waals surface area contributed by atoms with Gasteiger partial charge in [0.2, 0.25) is 0 Å². The van der Waals surface area contributed by atoms with Crippen molar-refractivity contribution in [1.29, 1.82) is 5.26 Å². The molecule has 0 saturated heterocycles. The summed E-state index contributed by atoms with van der Waals surface area (Å²) in [6, 6.07) is 5.60. The van der Waals surface area contributed by atoms with Gasteiger partial charge in [0, 0.05) is 18.6 Å². The Kier molecular flexibility index (Phi) is 1.77. The minimum atomic E-state index is 0.556. The monoisotopic (exact) mass is 170 g/mol. The fourth-order valence-electron chi connectivity index (χ4n) is 1.09. The van der Waals surface area contributed by atoms with Crippen molar-refractivity contribution in [3.63, 3.8) is 0 Å². The van der Waals surface area contributed by atoms with Crippen molar-refractivity contribution in [2.24, 2.45) is 0 Å². The highest BCUT2D eigenvalue weighted by atomic mass is 15.1. The molecule has 4 nitrogen and oxygen atoms in total. The van der Waals surface area contributed by atoms with Crippen LogP contribution in [-0.4, -0.2) is 14.5 Å². The fraction of sp³-hybridized carbons (Fsp3) is 0. The molecule has 2 rings (SSSR count). The van der Waals surface area contributed by atoms with Crippen molar-refractivity contribution in [3.05, 3.63) is 42.6 Å². The lowest BCUT2D eigenvalue weighted by atomic mass is 10.5. The first-order valence-corrected chi connectivity index (χ1v) is 3.75. The highest BCUT2D eigenvalue weighted by Crippen LogP contribution is 2.06. The molecule has 0 amide bonds. The Morgan fingerprint density at radius 3 is 3.00 bits per heavy atom. The van der Waals surface area contributed by atoms with Gasteiger partial charge in [-0.05, 0) is 12.1 Å². The van der Waals surface area contributed by atoms with Gasteiger partial charge in [-0.15, -0.1) is 0 Å². The van der Waals surface area contributed by atoms with Gasteiger partial charge >= 0.3 is 0 Å². The van der Waals surface area contributed by atoms with E-state index >= 15 is 0 Å². The van der Waals surface area contributed by atoms with E-state index in [2.05, 4.69) is 16.0 Å². The average Bonchev–Trinajstić information content (AvgIpc) is 2.67. The Bertz CT molecular complexity index is 438. The van der Waals surface area contributed by atoms with E-state index in [1.54, 1.807) is 41.5 Å². The predicted octanol–water partition coefficient (Wildman–Crippen LogP) is 1.14. The zero-order valence-electron chi connectivity index (χ0n) is 6.75. The molecule has 0 unspecified atom stereocenters. The topological polar surface area (TPSA) is 54.5 Å². The first kappa shape index (κ1) is 7.50. The lowest BCUT2D eigenvalue weighted by Gasteiger charge is -2.00. The summed E-state index contributed by atoms with van der Waals surface area (Å²) in [5, 5.41) is 8.75. The van der Waals surface area contributed by atoms with E-state index in [0.29, 0.717) is 11.5 Å². The summed E-state index contributed by atoms with van der Waals surface area (Å²) in [6.45, 7) is 0. The van der Waals surface area contributed by atoms with Gasteiger partial charge in [-0.1, -0.05) is 0 Å². The highest BCUT2D eigenvalue weighted by molar-refractivity contribution is 5.31. The summed E-state index contributed by atoms with van der Waals surface area (Å²) < 4.78 is 1.69. The molecule has 0 radical (unpaired) electrons. The normalized spacial score (nSPS) is 9.46. The molecule has 0 saturated carbocycles. The molecule has 62 valence electrons. The van der Waals surface area contributed by atoms with E-state index in [1.165, 1.54) is 0 Å². The molecule has 2 aromatic rings. The summed E-state index contributed by atoms with van der Waals surface area (Å²) in [6.07, 6.45) is 6.58. The Hall–Kier alpha value is -2.15. The standard InChI is InChI=1S/C9H6N4/c10-6-8-2-1-5-13(8)9-7-11-3-4-12-9/h1-5,7H. The maximum absolute atomic E-state index is 8.75.